The first-order chi connectivity index (χ1) is 9.08. The molecule has 1 aromatic rings. The minimum Gasteiger partial charge on any atom is -0.387 e. The van der Waals surface area contributed by atoms with Gasteiger partial charge in [-0.25, -0.2) is 4.98 Å². The number of hydrogen-bond donors (Lipinski definition) is 0. The molecule has 3 nitrogen and oxygen atoms in total. The molecule has 0 aliphatic heterocycles. The van der Waals surface area contributed by atoms with Crippen LogP contribution in [-0.4, -0.2) is 11.3 Å². The second-order valence-electron chi connectivity index (χ2n) is 3.47. The van der Waals surface area contributed by atoms with Crippen LogP contribution in [0.5, 0.6) is 5.88 Å². The minimum atomic E-state index is -5.32. The van der Waals surface area contributed by atoms with Gasteiger partial charge in [0.25, 0.3) is 0 Å². The smallest absolute Gasteiger partial charge is 0.387 e. The summed E-state index contributed by atoms with van der Waals surface area (Å²) in [6.45, 7) is 0. The average Bonchev–Trinajstić information content (AvgIpc) is 2.24. The third-order valence-corrected chi connectivity index (χ3v) is 2.63. The van der Waals surface area contributed by atoms with Crippen LogP contribution in [0, 0.1) is 11.3 Å². The van der Waals surface area contributed by atoms with Gasteiger partial charge in [0.05, 0.1) is 18.2 Å². The monoisotopic (exact) mass is 362 g/mol. The predicted octanol–water partition coefficient (Wildman–Crippen LogP) is 3.96. The van der Waals surface area contributed by atoms with E-state index in [1.807, 2.05) is 0 Å². The molecule has 20 heavy (non-hydrogen) atoms. The number of aromatic nitrogens is 1. The Hall–Kier alpha value is -1.50. The Morgan fingerprint density at radius 2 is 1.85 bits per heavy atom. The molecule has 1 heterocycles. The number of ether oxygens (including phenoxy) is 1. The highest BCUT2D eigenvalue weighted by atomic mass is 79.9. The van der Waals surface area contributed by atoms with Crippen molar-refractivity contribution in [2.75, 3.05) is 0 Å². The molecule has 0 radical (unpaired) electrons. The van der Waals surface area contributed by atoms with Gasteiger partial charge >= 0.3 is 12.5 Å². The van der Waals surface area contributed by atoms with Crippen LogP contribution in [0.4, 0.5) is 26.3 Å². The van der Waals surface area contributed by atoms with Crippen LogP contribution >= 0.6 is 15.9 Å². The molecule has 0 saturated heterocycles. The SMILES string of the molecule is N#CCc1cc(CBr)c(C(F)(F)F)c(OC(F)(F)F)n1. The zero-order chi connectivity index (χ0) is 15.6. The topological polar surface area (TPSA) is 45.9 Å². The molecule has 0 amide bonds. The molecule has 0 aliphatic carbocycles. The summed E-state index contributed by atoms with van der Waals surface area (Å²) in [4.78, 5) is 3.12. The first-order valence-electron chi connectivity index (χ1n) is 4.87. The molecular formula is C10H5BrF6N2O. The fourth-order valence-corrected chi connectivity index (χ4v) is 1.84. The Labute approximate surface area is 117 Å². The van der Waals surface area contributed by atoms with E-state index in [2.05, 4.69) is 25.7 Å². The van der Waals surface area contributed by atoms with Crippen LogP contribution in [0.3, 0.4) is 0 Å². The lowest BCUT2D eigenvalue weighted by Gasteiger charge is -2.17. The maximum absolute atomic E-state index is 12.8. The first-order valence-corrected chi connectivity index (χ1v) is 5.99. The van der Waals surface area contributed by atoms with Crippen molar-refractivity contribution in [3.05, 3.63) is 22.9 Å². The maximum Gasteiger partial charge on any atom is 0.574 e. The molecule has 0 N–H and O–H groups in total. The Kier molecular flexibility index (Phi) is 4.86. The highest BCUT2D eigenvalue weighted by Crippen LogP contribution is 2.40. The fourth-order valence-electron chi connectivity index (χ4n) is 1.39. The first kappa shape index (κ1) is 16.6. The lowest BCUT2D eigenvalue weighted by molar-refractivity contribution is -0.278. The quantitative estimate of drug-likeness (QED) is 0.603. The van der Waals surface area contributed by atoms with Gasteiger partial charge in [-0.1, -0.05) is 15.9 Å². The van der Waals surface area contributed by atoms with Gasteiger partial charge in [-0.05, 0) is 11.6 Å². The Morgan fingerprint density at radius 1 is 1.25 bits per heavy atom. The van der Waals surface area contributed by atoms with Gasteiger partial charge in [0.15, 0.2) is 0 Å². The maximum atomic E-state index is 12.8. The fraction of sp³-hybridized carbons (Fsp3) is 0.400. The minimum absolute atomic E-state index is 0.241. The van der Waals surface area contributed by atoms with Crippen molar-refractivity contribution in [1.82, 2.24) is 4.98 Å². The molecule has 0 saturated carbocycles. The van der Waals surface area contributed by atoms with Crippen LogP contribution in [0.1, 0.15) is 16.8 Å². The van der Waals surface area contributed by atoms with Crippen molar-refractivity contribution in [3.63, 3.8) is 0 Å². The van der Waals surface area contributed by atoms with Gasteiger partial charge in [-0.2, -0.15) is 18.4 Å². The van der Waals surface area contributed by atoms with Crippen LogP contribution in [0.2, 0.25) is 0 Å². The summed E-state index contributed by atoms with van der Waals surface area (Å²) in [7, 11) is 0. The molecule has 0 aliphatic rings. The van der Waals surface area contributed by atoms with E-state index in [0.717, 1.165) is 6.07 Å². The Morgan fingerprint density at radius 3 is 2.25 bits per heavy atom. The van der Waals surface area contributed by atoms with Crippen LogP contribution in [0.15, 0.2) is 6.07 Å². The number of halogens is 7. The summed E-state index contributed by atoms with van der Waals surface area (Å²) in [6, 6.07) is 2.49. The van der Waals surface area contributed by atoms with Crippen LogP contribution < -0.4 is 4.74 Å². The highest BCUT2D eigenvalue weighted by molar-refractivity contribution is 9.08. The Balaban J connectivity index is 3.49. The standard InChI is InChI=1S/C10H5BrF6N2O/c11-4-5-3-6(1-2-18)19-8(20-10(15,16)17)7(5)9(12,13)14/h3H,1,4H2. The molecule has 1 rings (SSSR count). The van der Waals surface area contributed by atoms with Gasteiger partial charge in [0, 0.05) is 5.33 Å². The van der Waals surface area contributed by atoms with Gasteiger partial charge in [0.1, 0.15) is 5.56 Å². The predicted molar refractivity (Wildman–Crippen MR) is 57.9 cm³/mol. The van der Waals surface area contributed by atoms with E-state index in [1.54, 1.807) is 6.07 Å². The Bertz CT molecular complexity index is 534. The number of hydrogen-bond acceptors (Lipinski definition) is 3. The van der Waals surface area contributed by atoms with E-state index in [1.165, 1.54) is 0 Å². The van der Waals surface area contributed by atoms with E-state index in [-0.39, 0.29) is 11.0 Å². The summed E-state index contributed by atoms with van der Waals surface area (Å²) in [6.07, 6.45) is -10.8. The lowest BCUT2D eigenvalue weighted by Crippen LogP contribution is -2.22. The van der Waals surface area contributed by atoms with Gasteiger partial charge in [0.2, 0.25) is 5.88 Å². The highest BCUT2D eigenvalue weighted by Gasteiger charge is 2.42. The van der Waals surface area contributed by atoms with Crippen molar-refractivity contribution in [1.29, 1.82) is 5.26 Å². The largest absolute Gasteiger partial charge is 0.574 e. The summed E-state index contributed by atoms with van der Waals surface area (Å²) < 4.78 is 78.2. The lowest BCUT2D eigenvalue weighted by atomic mass is 10.1. The normalized spacial score (nSPS) is 12.1. The van der Waals surface area contributed by atoms with Gasteiger partial charge < -0.3 is 4.74 Å². The van der Waals surface area contributed by atoms with E-state index in [0.29, 0.717) is 0 Å². The molecule has 0 fully saturated rings. The van der Waals surface area contributed by atoms with Crippen molar-refractivity contribution in [3.8, 4) is 11.9 Å². The van der Waals surface area contributed by atoms with E-state index >= 15 is 0 Å². The molecule has 1 aromatic heterocycles. The van der Waals surface area contributed by atoms with Crippen LogP contribution in [0.25, 0.3) is 0 Å². The van der Waals surface area contributed by atoms with Gasteiger partial charge in [-0.3, -0.25) is 0 Å². The van der Waals surface area contributed by atoms with Crippen molar-refractivity contribution < 1.29 is 31.1 Å². The molecule has 10 heteroatoms. The number of pyridine rings is 1. The second-order valence-corrected chi connectivity index (χ2v) is 4.03. The third kappa shape index (κ3) is 4.26. The molecule has 0 unspecified atom stereocenters. The van der Waals surface area contributed by atoms with Crippen LogP contribution in [-0.2, 0) is 17.9 Å². The summed E-state index contributed by atoms with van der Waals surface area (Å²) in [5.41, 5.74) is -2.35. The summed E-state index contributed by atoms with van der Waals surface area (Å²) >= 11 is 2.75. The number of nitriles is 1. The summed E-state index contributed by atoms with van der Waals surface area (Å²) in [5, 5.41) is 8.08. The molecule has 0 atom stereocenters. The van der Waals surface area contributed by atoms with Gasteiger partial charge in [-0.15, -0.1) is 13.2 Å². The van der Waals surface area contributed by atoms with E-state index in [4.69, 9.17) is 5.26 Å². The second kappa shape index (κ2) is 5.87. The zero-order valence-corrected chi connectivity index (χ0v) is 11.0. The number of rotatable bonds is 3. The van der Waals surface area contributed by atoms with E-state index in [9.17, 15) is 26.3 Å². The molecule has 0 spiro atoms. The number of nitrogens with zero attached hydrogens (tertiary/aromatic N) is 2. The van der Waals surface area contributed by atoms with E-state index < -0.39 is 36.0 Å². The molecule has 0 bridgehead atoms. The van der Waals surface area contributed by atoms with Crippen molar-refractivity contribution >= 4 is 15.9 Å². The molecule has 0 aromatic carbocycles. The average molecular weight is 363 g/mol. The van der Waals surface area contributed by atoms with Crippen molar-refractivity contribution in [2.24, 2.45) is 0 Å². The molecule has 110 valence electrons. The third-order valence-electron chi connectivity index (χ3n) is 2.02. The zero-order valence-electron chi connectivity index (χ0n) is 9.44. The number of alkyl halides is 7. The van der Waals surface area contributed by atoms with Crippen molar-refractivity contribution in [2.45, 2.75) is 24.3 Å². The molecular weight excluding hydrogens is 358 g/mol. The summed E-state index contributed by atoms with van der Waals surface area (Å²) in [5.74, 6) is -1.60.